The number of hydrogen-bond acceptors (Lipinski definition) is 11. The van der Waals surface area contributed by atoms with Crippen molar-refractivity contribution in [3.63, 3.8) is 0 Å². The van der Waals surface area contributed by atoms with Gasteiger partial charge in [-0.15, -0.1) is 5.10 Å². The molecule has 1 aromatic heterocycles. The van der Waals surface area contributed by atoms with E-state index in [4.69, 9.17) is 14.2 Å². The molecular formula is C26H46N4O9. The minimum atomic E-state index is -1.90. The van der Waals surface area contributed by atoms with E-state index in [-0.39, 0.29) is 12.0 Å². The molecule has 0 bridgehead atoms. The molecule has 0 saturated carbocycles. The number of ether oxygens (including phenoxy) is 3. The van der Waals surface area contributed by atoms with Crippen LogP contribution in [0.15, 0.2) is 6.20 Å². The Hall–Kier alpha value is -2.16. The Morgan fingerprint density at radius 3 is 2.46 bits per heavy atom. The molecule has 1 saturated heterocycles. The fourth-order valence-corrected chi connectivity index (χ4v) is 4.28. The van der Waals surface area contributed by atoms with Crippen LogP contribution in [0.1, 0.15) is 59.1 Å². The Morgan fingerprint density at radius 1 is 1.21 bits per heavy atom. The van der Waals surface area contributed by atoms with E-state index in [1.54, 1.807) is 4.68 Å². The lowest BCUT2D eigenvalue weighted by atomic mass is 9.89. The number of carboxylic acids is 1. The molecule has 39 heavy (non-hydrogen) atoms. The topological polar surface area (TPSA) is 185 Å². The van der Waals surface area contributed by atoms with Crippen molar-refractivity contribution in [1.29, 1.82) is 0 Å². The number of carbonyl (C=O) groups excluding carboxylic acids is 1. The number of aliphatic carboxylic acids is 1. The number of aryl methyl sites for hydroxylation is 1. The summed E-state index contributed by atoms with van der Waals surface area (Å²) in [4.78, 5) is 24.6. The normalized spacial score (nSPS) is 18.0. The first-order valence-electron chi connectivity index (χ1n) is 13.8. The van der Waals surface area contributed by atoms with Gasteiger partial charge in [0.25, 0.3) is 0 Å². The lowest BCUT2D eigenvalue weighted by Gasteiger charge is -2.32. The van der Waals surface area contributed by atoms with Crippen LogP contribution in [0.5, 0.6) is 0 Å². The summed E-state index contributed by atoms with van der Waals surface area (Å²) in [7, 11) is 0. The average molecular weight is 559 g/mol. The molecule has 5 atom stereocenters. The lowest BCUT2D eigenvalue weighted by molar-refractivity contribution is -0.187. The highest BCUT2D eigenvalue weighted by Crippen LogP contribution is 2.25. The second kappa shape index (κ2) is 16.8. The standard InChI is InChI=1S/C26H46N4O9/c1-5-18(6-2)10-19(26(36)39-23(17(4)25(34)35)22(31)16(3)24(32)33)11-27-8-7-9-30-12-20(28-29-30)13-38-21-14-37-15-21/h12,16-19,21-23,25,27,31,34-35H,5-11,13-15H2,1-4H3,(H,32,33). The molecule has 1 aliphatic heterocycles. The molecule has 0 spiro atoms. The van der Waals surface area contributed by atoms with Crippen molar-refractivity contribution in [1.82, 2.24) is 20.3 Å². The van der Waals surface area contributed by atoms with Gasteiger partial charge in [-0.05, 0) is 32.2 Å². The van der Waals surface area contributed by atoms with Crippen LogP contribution in [-0.4, -0.2) is 98.3 Å². The second-order valence-corrected chi connectivity index (χ2v) is 10.4. The second-order valence-electron chi connectivity index (χ2n) is 10.4. The van der Waals surface area contributed by atoms with Crippen LogP contribution in [-0.2, 0) is 37.0 Å². The maximum atomic E-state index is 13.2. The summed E-state index contributed by atoms with van der Waals surface area (Å²) in [5.74, 6) is -4.53. The van der Waals surface area contributed by atoms with Crippen LogP contribution in [0, 0.1) is 23.7 Å². The summed E-state index contributed by atoms with van der Waals surface area (Å²) >= 11 is 0. The molecule has 5 N–H and O–H groups in total. The first-order valence-corrected chi connectivity index (χ1v) is 13.8. The number of esters is 1. The van der Waals surface area contributed by atoms with Crippen molar-refractivity contribution in [3.05, 3.63) is 11.9 Å². The van der Waals surface area contributed by atoms with E-state index in [1.165, 1.54) is 13.8 Å². The molecule has 2 rings (SSSR count). The predicted octanol–water partition coefficient (Wildman–Crippen LogP) is 0.556. The maximum Gasteiger partial charge on any atom is 0.310 e. The summed E-state index contributed by atoms with van der Waals surface area (Å²) in [6.45, 7) is 9.92. The predicted molar refractivity (Wildman–Crippen MR) is 139 cm³/mol. The Balaban J connectivity index is 1.92. The summed E-state index contributed by atoms with van der Waals surface area (Å²) in [5.41, 5.74) is 0.749. The molecule has 13 heteroatoms. The lowest BCUT2D eigenvalue weighted by Crippen LogP contribution is -2.47. The van der Waals surface area contributed by atoms with Gasteiger partial charge in [-0.2, -0.15) is 0 Å². The van der Waals surface area contributed by atoms with Crippen LogP contribution < -0.4 is 5.32 Å². The van der Waals surface area contributed by atoms with Gasteiger partial charge in [0.2, 0.25) is 0 Å². The van der Waals surface area contributed by atoms with Gasteiger partial charge in [-0.3, -0.25) is 14.3 Å². The van der Waals surface area contributed by atoms with Gasteiger partial charge in [-0.25, -0.2) is 0 Å². The van der Waals surface area contributed by atoms with Gasteiger partial charge < -0.3 is 40.0 Å². The van der Waals surface area contributed by atoms with Crippen molar-refractivity contribution in [2.24, 2.45) is 23.7 Å². The highest BCUT2D eigenvalue weighted by molar-refractivity contribution is 5.73. The molecule has 1 fully saturated rings. The molecule has 224 valence electrons. The number of hydrogen-bond donors (Lipinski definition) is 5. The van der Waals surface area contributed by atoms with Crippen LogP contribution in [0.4, 0.5) is 0 Å². The smallest absolute Gasteiger partial charge is 0.310 e. The SMILES string of the molecule is CCC(CC)CC(CNCCCn1cc(COC2COC2)nn1)C(=O)OC(C(C)C(O)O)C(O)C(C)C(=O)O. The van der Waals surface area contributed by atoms with Crippen molar-refractivity contribution < 1.29 is 44.2 Å². The number of aliphatic hydroxyl groups excluding tert-OH is 2. The maximum absolute atomic E-state index is 13.2. The number of carboxylic acid groups (broad SMARTS) is 1. The van der Waals surface area contributed by atoms with Crippen molar-refractivity contribution >= 4 is 11.9 Å². The number of aromatic nitrogens is 3. The summed E-state index contributed by atoms with van der Waals surface area (Å²) in [5, 5.41) is 50.7. The number of rotatable bonds is 20. The summed E-state index contributed by atoms with van der Waals surface area (Å²) < 4.78 is 18.1. The molecule has 13 nitrogen and oxygen atoms in total. The van der Waals surface area contributed by atoms with Crippen LogP contribution in [0.3, 0.4) is 0 Å². The molecule has 5 unspecified atom stereocenters. The average Bonchev–Trinajstić information content (AvgIpc) is 3.33. The molecule has 1 aliphatic rings. The Kier molecular flexibility index (Phi) is 14.3. The quantitative estimate of drug-likeness (QED) is 0.0852. The Bertz CT molecular complexity index is 860. The fourth-order valence-electron chi connectivity index (χ4n) is 4.28. The molecule has 1 aromatic rings. The van der Waals surface area contributed by atoms with Crippen molar-refractivity contribution in [2.45, 2.75) is 91.1 Å². The Morgan fingerprint density at radius 2 is 1.90 bits per heavy atom. The van der Waals surface area contributed by atoms with E-state index in [2.05, 4.69) is 15.6 Å². The Labute approximate surface area is 229 Å². The molecule has 0 amide bonds. The molecular weight excluding hydrogens is 512 g/mol. The van der Waals surface area contributed by atoms with E-state index in [0.717, 1.165) is 25.0 Å². The molecule has 2 heterocycles. The molecule has 0 aliphatic carbocycles. The van der Waals surface area contributed by atoms with E-state index in [0.29, 0.717) is 45.9 Å². The van der Waals surface area contributed by atoms with Crippen molar-refractivity contribution in [2.75, 3.05) is 26.3 Å². The van der Waals surface area contributed by atoms with E-state index >= 15 is 0 Å². The highest BCUT2D eigenvalue weighted by Gasteiger charge is 2.39. The minimum absolute atomic E-state index is 0.120. The number of nitrogens with one attached hydrogen (secondary N) is 1. The molecule has 0 radical (unpaired) electrons. The number of nitrogens with zero attached hydrogens (tertiary/aromatic N) is 3. The first kappa shape index (κ1) is 33.0. The monoisotopic (exact) mass is 558 g/mol. The number of carbonyl (C=O) groups is 2. The van der Waals surface area contributed by atoms with E-state index in [1.807, 2.05) is 20.0 Å². The van der Waals surface area contributed by atoms with Gasteiger partial charge >= 0.3 is 11.9 Å². The third kappa shape index (κ3) is 10.7. The number of aliphatic hydroxyl groups is 3. The highest BCUT2D eigenvalue weighted by atomic mass is 16.6. The van der Waals surface area contributed by atoms with Crippen LogP contribution >= 0.6 is 0 Å². The zero-order valence-corrected chi connectivity index (χ0v) is 23.4. The van der Waals surface area contributed by atoms with Crippen LogP contribution in [0.25, 0.3) is 0 Å². The first-order chi connectivity index (χ1) is 18.6. The van der Waals surface area contributed by atoms with Crippen molar-refractivity contribution in [3.8, 4) is 0 Å². The summed E-state index contributed by atoms with van der Waals surface area (Å²) in [6, 6.07) is 0. The van der Waals surface area contributed by atoms with Gasteiger partial charge in [0.05, 0.1) is 37.9 Å². The van der Waals surface area contributed by atoms with Gasteiger partial charge in [-0.1, -0.05) is 38.8 Å². The minimum Gasteiger partial charge on any atom is -0.481 e. The zero-order chi connectivity index (χ0) is 28.9. The third-order valence-corrected chi connectivity index (χ3v) is 7.38. The zero-order valence-electron chi connectivity index (χ0n) is 23.4. The largest absolute Gasteiger partial charge is 0.481 e. The van der Waals surface area contributed by atoms with Crippen LogP contribution in [0.2, 0.25) is 0 Å². The summed E-state index contributed by atoms with van der Waals surface area (Å²) in [6.07, 6.45) is 0.0939. The fraction of sp³-hybridized carbons (Fsp3) is 0.846. The van der Waals surface area contributed by atoms with E-state index < -0.39 is 48.2 Å². The van der Waals surface area contributed by atoms with Gasteiger partial charge in [0, 0.05) is 19.0 Å². The van der Waals surface area contributed by atoms with E-state index in [9.17, 15) is 30.0 Å². The third-order valence-electron chi connectivity index (χ3n) is 7.38. The van der Waals surface area contributed by atoms with Gasteiger partial charge in [0.1, 0.15) is 24.0 Å². The van der Waals surface area contributed by atoms with Gasteiger partial charge in [0.15, 0.2) is 6.29 Å². The molecule has 0 aromatic carbocycles.